The van der Waals surface area contributed by atoms with Crippen LogP contribution in [0.2, 0.25) is 0 Å². The Morgan fingerprint density at radius 2 is 1.92 bits per heavy atom. The molecular weight excluding hydrogens is 214 g/mol. The predicted octanol–water partition coefficient (Wildman–Crippen LogP) is 1.09. The molecule has 0 saturated carbocycles. The molecule has 0 unspecified atom stereocenters. The predicted molar refractivity (Wildman–Crippen MR) is 49.5 cm³/mol. The van der Waals surface area contributed by atoms with Crippen molar-refractivity contribution in [3.63, 3.8) is 0 Å². The first-order valence-corrected chi connectivity index (χ1v) is 5.77. The minimum absolute atomic E-state index is 0.154. The van der Waals surface area contributed by atoms with E-state index in [4.69, 9.17) is 11.6 Å². The SMILES string of the molecule is O=CNS(=O)(=O)C1=C(Cl)CCCC1. The number of amides is 1. The Kier molecular flexibility index (Phi) is 3.33. The number of allylic oxidation sites excluding steroid dienone is 2. The summed E-state index contributed by atoms with van der Waals surface area (Å²) in [5.74, 6) is 0. The lowest BCUT2D eigenvalue weighted by Crippen LogP contribution is -2.24. The van der Waals surface area contributed by atoms with Crippen LogP contribution in [0.15, 0.2) is 9.94 Å². The van der Waals surface area contributed by atoms with Crippen molar-refractivity contribution < 1.29 is 13.2 Å². The first-order chi connectivity index (χ1) is 6.08. The molecule has 0 bridgehead atoms. The molecular formula is C7H10ClNO3S. The highest BCUT2D eigenvalue weighted by Gasteiger charge is 2.22. The Labute approximate surface area is 82.0 Å². The van der Waals surface area contributed by atoms with Gasteiger partial charge in [0.1, 0.15) is 0 Å². The molecule has 0 aliphatic heterocycles. The molecule has 0 heterocycles. The molecule has 0 aromatic heterocycles. The summed E-state index contributed by atoms with van der Waals surface area (Å²) in [6.07, 6.45) is 2.85. The molecule has 0 aromatic carbocycles. The maximum atomic E-state index is 11.3. The highest BCUT2D eigenvalue weighted by Crippen LogP contribution is 2.30. The molecule has 1 aliphatic rings. The average Bonchev–Trinajstić information content (AvgIpc) is 2.04. The molecule has 1 rings (SSSR count). The largest absolute Gasteiger partial charge is 0.278 e. The van der Waals surface area contributed by atoms with Gasteiger partial charge in [0, 0.05) is 5.03 Å². The van der Waals surface area contributed by atoms with E-state index in [1.807, 2.05) is 0 Å². The molecule has 0 aromatic rings. The lowest BCUT2D eigenvalue weighted by atomic mass is 10.1. The molecule has 0 spiro atoms. The zero-order valence-electron chi connectivity index (χ0n) is 6.92. The van der Waals surface area contributed by atoms with Gasteiger partial charge in [0.2, 0.25) is 6.41 Å². The summed E-state index contributed by atoms with van der Waals surface area (Å²) in [5.41, 5.74) is 0. The molecule has 1 aliphatic carbocycles. The Morgan fingerprint density at radius 3 is 2.46 bits per heavy atom. The van der Waals surface area contributed by atoms with E-state index in [-0.39, 0.29) is 11.3 Å². The van der Waals surface area contributed by atoms with Crippen LogP contribution >= 0.6 is 11.6 Å². The number of carbonyl (C=O) groups excluding carboxylic acids is 1. The number of sulfonamides is 1. The second-order valence-corrected chi connectivity index (χ2v) is 4.97. The quantitative estimate of drug-likeness (QED) is 0.729. The molecule has 4 nitrogen and oxygen atoms in total. The normalized spacial score (nSPS) is 18.5. The molecule has 0 atom stereocenters. The number of halogens is 1. The lowest BCUT2D eigenvalue weighted by molar-refractivity contribution is -0.108. The van der Waals surface area contributed by atoms with Gasteiger partial charge >= 0.3 is 0 Å². The topological polar surface area (TPSA) is 63.2 Å². The van der Waals surface area contributed by atoms with Gasteiger partial charge in [-0.25, -0.2) is 8.42 Å². The fourth-order valence-corrected chi connectivity index (χ4v) is 2.86. The second-order valence-electron chi connectivity index (χ2n) is 2.77. The molecule has 6 heteroatoms. The molecule has 1 amide bonds. The lowest BCUT2D eigenvalue weighted by Gasteiger charge is -2.15. The fraction of sp³-hybridized carbons (Fsp3) is 0.571. The van der Waals surface area contributed by atoms with Crippen LogP contribution in [-0.2, 0) is 14.8 Å². The number of carbonyl (C=O) groups is 1. The van der Waals surface area contributed by atoms with Crippen LogP contribution in [0.1, 0.15) is 25.7 Å². The second kappa shape index (κ2) is 4.11. The molecule has 1 N–H and O–H groups in total. The third-order valence-electron chi connectivity index (χ3n) is 1.88. The number of rotatable bonds is 3. The first kappa shape index (κ1) is 10.5. The van der Waals surface area contributed by atoms with Crippen molar-refractivity contribution in [2.45, 2.75) is 25.7 Å². The van der Waals surface area contributed by atoms with E-state index in [9.17, 15) is 13.2 Å². The maximum Gasteiger partial charge on any atom is 0.261 e. The van der Waals surface area contributed by atoms with Gasteiger partial charge in [-0.15, -0.1) is 0 Å². The highest BCUT2D eigenvalue weighted by molar-refractivity contribution is 7.93. The molecule has 0 saturated heterocycles. The van der Waals surface area contributed by atoms with Crippen molar-refractivity contribution in [2.75, 3.05) is 0 Å². The van der Waals surface area contributed by atoms with E-state index in [0.717, 1.165) is 12.8 Å². The molecule has 74 valence electrons. The zero-order valence-corrected chi connectivity index (χ0v) is 8.49. The standard InChI is InChI=1S/C7H10ClNO3S/c8-6-3-1-2-4-7(6)13(11,12)9-5-10/h5H,1-4H2,(H,9,10). The van der Waals surface area contributed by atoms with Crippen molar-refractivity contribution in [2.24, 2.45) is 0 Å². The summed E-state index contributed by atoms with van der Waals surface area (Å²) < 4.78 is 24.4. The van der Waals surface area contributed by atoms with E-state index < -0.39 is 10.0 Å². The highest BCUT2D eigenvalue weighted by atomic mass is 35.5. The van der Waals surface area contributed by atoms with Crippen LogP contribution < -0.4 is 4.72 Å². The molecule has 0 fully saturated rings. The summed E-state index contributed by atoms with van der Waals surface area (Å²) in [5, 5.41) is 0.348. The van der Waals surface area contributed by atoms with Crippen molar-refractivity contribution in [1.82, 2.24) is 4.72 Å². The van der Waals surface area contributed by atoms with Crippen LogP contribution in [0.3, 0.4) is 0 Å². The maximum absolute atomic E-state index is 11.3. The van der Waals surface area contributed by atoms with Crippen molar-refractivity contribution in [3.8, 4) is 0 Å². The van der Waals surface area contributed by atoms with Crippen molar-refractivity contribution >= 4 is 28.0 Å². The monoisotopic (exact) mass is 223 g/mol. The minimum Gasteiger partial charge on any atom is -0.278 e. The third-order valence-corrected chi connectivity index (χ3v) is 3.92. The van der Waals surface area contributed by atoms with Gasteiger partial charge in [-0.2, -0.15) is 0 Å². The molecule has 0 radical (unpaired) electrons. The van der Waals surface area contributed by atoms with E-state index in [1.54, 1.807) is 4.72 Å². The first-order valence-electron chi connectivity index (χ1n) is 3.91. The minimum atomic E-state index is -3.65. The number of hydrogen-bond donors (Lipinski definition) is 1. The third kappa shape index (κ3) is 2.45. The van der Waals surface area contributed by atoms with Gasteiger partial charge in [-0.1, -0.05) is 11.6 Å². The Hall–Kier alpha value is -0.550. The van der Waals surface area contributed by atoms with E-state index in [0.29, 0.717) is 17.9 Å². The summed E-state index contributed by atoms with van der Waals surface area (Å²) in [4.78, 5) is 10.2. The Bertz CT molecular complexity index is 334. The number of hydrogen-bond acceptors (Lipinski definition) is 3. The van der Waals surface area contributed by atoms with Gasteiger partial charge in [-0.05, 0) is 25.7 Å². The molecule has 13 heavy (non-hydrogen) atoms. The van der Waals surface area contributed by atoms with Crippen LogP contribution in [-0.4, -0.2) is 14.8 Å². The zero-order chi connectivity index (χ0) is 9.90. The fourth-order valence-electron chi connectivity index (χ4n) is 1.26. The average molecular weight is 224 g/mol. The van der Waals surface area contributed by atoms with E-state index in [2.05, 4.69) is 0 Å². The van der Waals surface area contributed by atoms with Crippen LogP contribution in [0, 0.1) is 0 Å². The van der Waals surface area contributed by atoms with Crippen LogP contribution in [0.25, 0.3) is 0 Å². The summed E-state index contributed by atoms with van der Waals surface area (Å²) in [6.45, 7) is 0. The Balaban J connectivity index is 2.98. The Morgan fingerprint density at radius 1 is 1.31 bits per heavy atom. The van der Waals surface area contributed by atoms with Crippen LogP contribution in [0.5, 0.6) is 0 Å². The van der Waals surface area contributed by atoms with Gasteiger partial charge in [-0.3, -0.25) is 9.52 Å². The summed E-state index contributed by atoms with van der Waals surface area (Å²) in [6, 6.07) is 0. The van der Waals surface area contributed by atoms with E-state index >= 15 is 0 Å². The van der Waals surface area contributed by atoms with Gasteiger partial charge in [0.25, 0.3) is 10.0 Å². The number of nitrogens with one attached hydrogen (secondary N) is 1. The van der Waals surface area contributed by atoms with Crippen LogP contribution in [0.4, 0.5) is 0 Å². The smallest absolute Gasteiger partial charge is 0.261 e. The van der Waals surface area contributed by atoms with Crippen molar-refractivity contribution in [1.29, 1.82) is 0 Å². The van der Waals surface area contributed by atoms with Gasteiger partial charge < -0.3 is 0 Å². The van der Waals surface area contributed by atoms with Crippen molar-refractivity contribution in [3.05, 3.63) is 9.94 Å². The van der Waals surface area contributed by atoms with E-state index in [1.165, 1.54) is 0 Å². The summed E-state index contributed by atoms with van der Waals surface area (Å²) >= 11 is 5.75. The summed E-state index contributed by atoms with van der Waals surface area (Å²) in [7, 11) is -3.65. The van der Waals surface area contributed by atoms with Gasteiger partial charge in [0.15, 0.2) is 0 Å². The van der Waals surface area contributed by atoms with Gasteiger partial charge in [0.05, 0.1) is 4.91 Å².